The zero-order valence-electron chi connectivity index (χ0n) is 9.98. The number of nitrogens with zero attached hydrogens (tertiary/aromatic N) is 1. The molecule has 0 aromatic heterocycles. The predicted molar refractivity (Wildman–Crippen MR) is 69.2 cm³/mol. The molecule has 0 bridgehead atoms. The average Bonchev–Trinajstić information content (AvgIpc) is 2.29. The van der Waals surface area contributed by atoms with Crippen LogP contribution in [0.25, 0.3) is 0 Å². The standard InChI is InChI=1S/C13H16ClNO2/c1-10(13(16)17)7-8-15(2)9-11-5-3-4-6-12(11)14/h3-7H,8-9H2,1-2H3,(H,16,17). The maximum atomic E-state index is 10.6. The first-order chi connectivity index (χ1) is 8.00. The van der Waals surface area contributed by atoms with E-state index in [1.807, 2.05) is 36.2 Å². The Morgan fingerprint density at radius 3 is 2.71 bits per heavy atom. The highest BCUT2D eigenvalue weighted by molar-refractivity contribution is 6.31. The SMILES string of the molecule is CC(=CCN(C)Cc1ccccc1Cl)C(=O)O. The van der Waals surface area contributed by atoms with Gasteiger partial charge in [-0.15, -0.1) is 0 Å². The van der Waals surface area contributed by atoms with Crippen LogP contribution in [0.2, 0.25) is 5.02 Å². The molecule has 92 valence electrons. The topological polar surface area (TPSA) is 40.5 Å². The molecular formula is C13H16ClNO2. The first-order valence-corrected chi connectivity index (χ1v) is 5.70. The fourth-order valence-electron chi connectivity index (χ4n) is 1.36. The van der Waals surface area contributed by atoms with Crippen molar-refractivity contribution in [3.8, 4) is 0 Å². The number of rotatable bonds is 5. The van der Waals surface area contributed by atoms with E-state index in [1.54, 1.807) is 13.0 Å². The van der Waals surface area contributed by atoms with Gasteiger partial charge in [0.05, 0.1) is 0 Å². The lowest BCUT2D eigenvalue weighted by Gasteiger charge is -2.15. The third kappa shape index (κ3) is 4.59. The van der Waals surface area contributed by atoms with Crippen molar-refractivity contribution >= 4 is 17.6 Å². The highest BCUT2D eigenvalue weighted by Crippen LogP contribution is 2.16. The second-order valence-corrected chi connectivity index (χ2v) is 4.39. The van der Waals surface area contributed by atoms with Crippen molar-refractivity contribution in [2.24, 2.45) is 0 Å². The van der Waals surface area contributed by atoms with E-state index < -0.39 is 5.97 Å². The zero-order chi connectivity index (χ0) is 12.8. The van der Waals surface area contributed by atoms with Crippen LogP contribution in [-0.2, 0) is 11.3 Å². The van der Waals surface area contributed by atoms with Crippen LogP contribution in [0.3, 0.4) is 0 Å². The molecule has 0 aliphatic rings. The first kappa shape index (κ1) is 13.7. The van der Waals surface area contributed by atoms with Gasteiger partial charge in [-0.05, 0) is 25.6 Å². The van der Waals surface area contributed by atoms with Gasteiger partial charge < -0.3 is 5.11 Å². The summed E-state index contributed by atoms with van der Waals surface area (Å²) in [6.07, 6.45) is 1.69. The predicted octanol–water partition coefficient (Wildman–Crippen LogP) is 2.80. The molecule has 4 heteroatoms. The van der Waals surface area contributed by atoms with Crippen molar-refractivity contribution in [2.45, 2.75) is 13.5 Å². The molecule has 0 saturated heterocycles. The molecular weight excluding hydrogens is 238 g/mol. The molecule has 1 N–H and O–H groups in total. The molecule has 0 atom stereocenters. The van der Waals surface area contributed by atoms with E-state index in [2.05, 4.69) is 0 Å². The number of hydrogen-bond acceptors (Lipinski definition) is 2. The summed E-state index contributed by atoms with van der Waals surface area (Å²) in [6.45, 7) is 2.87. The molecule has 0 heterocycles. The van der Waals surface area contributed by atoms with Crippen LogP contribution in [0.15, 0.2) is 35.9 Å². The zero-order valence-corrected chi connectivity index (χ0v) is 10.7. The van der Waals surface area contributed by atoms with Crippen LogP contribution in [0, 0.1) is 0 Å². The summed E-state index contributed by atoms with van der Waals surface area (Å²) in [5, 5.41) is 9.46. The third-order valence-electron chi connectivity index (χ3n) is 2.44. The molecule has 1 rings (SSSR count). The highest BCUT2D eigenvalue weighted by Gasteiger charge is 2.04. The van der Waals surface area contributed by atoms with Gasteiger partial charge >= 0.3 is 5.97 Å². The summed E-state index contributed by atoms with van der Waals surface area (Å²) >= 11 is 6.05. The number of carboxylic acids is 1. The molecule has 17 heavy (non-hydrogen) atoms. The minimum Gasteiger partial charge on any atom is -0.478 e. The second kappa shape index (κ2) is 6.42. The van der Waals surface area contributed by atoms with E-state index in [4.69, 9.17) is 16.7 Å². The van der Waals surface area contributed by atoms with Crippen LogP contribution in [-0.4, -0.2) is 29.6 Å². The molecule has 1 aromatic carbocycles. The first-order valence-electron chi connectivity index (χ1n) is 5.32. The molecule has 0 radical (unpaired) electrons. The van der Waals surface area contributed by atoms with Gasteiger partial charge in [-0.3, -0.25) is 4.90 Å². The number of carbonyl (C=O) groups is 1. The molecule has 0 aliphatic carbocycles. The maximum absolute atomic E-state index is 10.6. The van der Waals surface area contributed by atoms with Gasteiger partial charge in [0.15, 0.2) is 0 Å². The van der Waals surface area contributed by atoms with Gasteiger partial charge in [0.1, 0.15) is 0 Å². The summed E-state index contributed by atoms with van der Waals surface area (Å²) in [5.74, 6) is -0.879. The van der Waals surface area contributed by atoms with E-state index >= 15 is 0 Å². The number of likely N-dealkylation sites (N-methyl/N-ethyl adjacent to an activating group) is 1. The van der Waals surface area contributed by atoms with Crippen molar-refractivity contribution < 1.29 is 9.90 Å². The number of halogens is 1. The van der Waals surface area contributed by atoms with Crippen LogP contribution < -0.4 is 0 Å². The van der Waals surface area contributed by atoms with Gasteiger partial charge in [0.2, 0.25) is 0 Å². The van der Waals surface area contributed by atoms with Crippen molar-refractivity contribution in [1.29, 1.82) is 0 Å². The van der Waals surface area contributed by atoms with Gasteiger partial charge in [0.25, 0.3) is 0 Å². The monoisotopic (exact) mass is 253 g/mol. The van der Waals surface area contributed by atoms with E-state index in [-0.39, 0.29) is 0 Å². The molecule has 3 nitrogen and oxygen atoms in total. The lowest BCUT2D eigenvalue weighted by Crippen LogP contribution is -2.18. The minimum atomic E-state index is -0.879. The minimum absolute atomic E-state index is 0.357. The molecule has 1 aromatic rings. The quantitative estimate of drug-likeness (QED) is 0.821. The smallest absolute Gasteiger partial charge is 0.330 e. The highest BCUT2D eigenvalue weighted by atomic mass is 35.5. The Morgan fingerprint density at radius 1 is 1.47 bits per heavy atom. The summed E-state index contributed by atoms with van der Waals surface area (Å²) in [6, 6.07) is 7.64. The number of carboxylic acid groups (broad SMARTS) is 1. The van der Waals surface area contributed by atoms with E-state index in [1.165, 1.54) is 0 Å². The normalized spacial score (nSPS) is 11.9. The fourth-order valence-corrected chi connectivity index (χ4v) is 1.56. The van der Waals surface area contributed by atoms with E-state index in [9.17, 15) is 4.79 Å². The Labute approximate surface area is 106 Å². The lowest BCUT2D eigenvalue weighted by molar-refractivity contribution is -0.132. The third-order valence-corrected chi connectivity index (χ3v) is 2.81. The molecule has 0 unspecified atom stereocenters. The summed E-state index contributed by atoms with van der Waals surface area (Å²) in [5.41, 5.74) is 1.40. The maximum Gasteiger partial charge on any atom is 0.330 e. The Balaban J connectivity index is 2.56. The Hall–Kier alpha value is -1.32. The van der Waals surface area contributed by atoms with Gasteiger partial charge in [-0.2, -0.15) is 0 Å². The molecule has 0 saturated carbocycles. The Kier molecular flexibility index (Phi) is 5.19. The number of hydrogen-bond donors (Lipinski definition) is 1. The van der Waals surface area contributed by atoms with Crippen LogP contribution in [0.4, 0.5) is 0 Å². The number of benzene rings is 1. The Morgan fingerprint density at radius 2 is 2.12 bits per heavy atom. The van der Waals surface area contributed by atoms with Gasteiger partial charge in [0, 0.05) is 23.7 Å². The summed E-state index contributed by atoms with van der Waals surface area (Å²) < 4.78 is 0. The number of aliphatic carboxylic acids is 1. The second-order valence-electron chi connectivity index (χ2n) is 3.98. The van der Waals surface area contributed by atoms with Gasteiger partial charge in [-0.25, -0.2) is 4.79 Å². The van der Waals surface area contributed by atoms with Crippen LogP contribution in [0.5, 0.6) is 0 Å². The van der Waals surface area contributed by atoms with Crippen molar-refractivity contribution in [3.05, 3.63) is 46.5 Å². The summed E-state index contributed by atoms with van der Waals surface area (Å²) in [4.78, 5) is 12.6. The van der Waals surface area contributed by atoms with Crippen molar-refractivity contribution in [3.63, 3.8) is 0 Å². The fraction of sp³-hybridized carbons (Fsp3) is 0.308. The molecule has 0 amide bonds. The van der Waals surface area contributed by atoms with Crippen molar-refractivity contribution in [2.75, 3.05) is 13.6 Å². The van der Waals surface area contributed by atoms with Crippen molar-refractivity contribution in [1.82, 2.24) is 4.90 Å². The van der Waals surface area contributed by atoms with Crippen LogP contribution >= 0.6 is 11.6 Å². The van der Waals surface area contributed by atoms with Crippen LogP contribution in [0.1, 0.15) is 12.5 Å². The summed E-state index contributed by atoms with van der Waals surface area (Å²) in [7, 11) is 1.93. The molecule has 0 aliphatic heterocycles. The molecule has 0 spiro atoms. The van der Waals surface area contributed by atoms with E-state index in [0.717, 1.165) is 10.6 Å². The lowest BCUT2D eigenvalue weighted by atomic mass is 10.2. The molecule has 0 fully saturated rings. The van der Waals surface area contributed by atoms with Gasteiger partial charge in [-0.1, -0.05) is 35.9 Å². The largest absolute Gasteiger partial charge is 0.478 e. The Bertz CT molecular complexity index is 429. The van der Waals surface area contributed by atoms with E-state index in [0.29, 0.717) is 18.7 Å². The average molecular weight is 254 g/mol.